The van der Waals surface area contributed by atoms with Crippen molar-refractivity contribution in [1.82, 2.24) is 9.78 Å². The van der Waals surface area contributed by atoms with Gasteiger partial charge < -0.3 is 0 Å². The molecule has 6 nitrogen and oxygen atoms in total. The molecule has 0 atom stereocenters. The van der Waals surface area contributed by atoms with Gasteiger partial charge in [0, 0.05) is 23.4 Å². The Morgan fingerprint density at radius 2 is 2.21 bits per heavy atom. The Morgan fingerprint density at radius 1 is 1.42 bits per heavy atom. The molecule has 0 saturated carbocycles. The van der Waals surface area contributed by atoms with Gasteiger partial charge in [0.2, 0.25) is 0 Å². The van der Waals surface area contributed by atoms with Gasteiger partial charge in [-0.3, -0.25) is 9.80 Å². The fourth-order valence-corrected chi connectivity index (χ4v) is 4.81. The first-order valence-electron chi connectivity index (χ1n) is 6.87. The molecule has 1 aliphatic rings. The molecule has 0 saturated heterocycles. The molecule has 122 valence electrons. The minimum atomic E-state index is -0.135. The summed E-state index contributed by atoms with van der Waals surface area (Å²) >= 11 is 5.06. The van der Waals surface area contributed by atoms with E-state index >= 15 is 0 Å². The molecule has 2 aromatic rings. The van der Waals surface area contributed by atoms with Crippen LogP contribution in [0.25, 0.3) is 0 Å². The van der Waals surface area contributed by atoms with Gasteiger partial charge in [-0.25, -0.2) is 4.68 Å². The number of thioether (sulfide) groups is 2. The quantitative estimate of drug-likeness (QED) is 0.630. The summed E-state index contributed by atoms with van der Waals surface area (Å²) in [6.07, 6.45) is 1.64. The fraction of sp³-hybridized carbons (Fsp3) is 0.200. The van der Waals surface area contributed by atoms with E-state index in [1.807, 2.05) is 18.2 Å². The van der Waals surface area contributed by atoms with Crippen LogP contribution in [0.3, 0.4) is 0 Å². The average Bonchev–Trinajstić information content (AvgIpc) is 2.57. The number of nitrogens with zero attached hydrogens (tertiary/aromatic N) is 5. The van der Waals surface area contributed by atoms with Crippen LogP contribution in [-0.4, -0.2) is 21.2 Å². The van der Waals surface area contributed by atoms with Crippen LogP contribution in [0.4, 0.5) is 5.69 Å². The second-order valence-corrected chi connectivity index (χ2v) is 8.45. The summed E-state index contributed by atoms with van der Waals surface area (Å²) in [5.41, 5.74) is 2.20. The molecular weight excluding hydrogens is 457 g/mol. The monoisotopic (exact) mass is 469 g/mol. The summed E-state index contributed by atoms with van der Waals surface area (Å²) < 4.78 is 3.13. The summed E-state index contributed by atoms with van der Waals surface area (Å²) in [4.78, 5) is 12.9. The molecule has 2 heterocycles. The predicted molar refractivity (Wildman–Crippen MR) is 106 cm³/mol. The van der Waals surface area contributed by atoms with Crippen molar-refractivity contribution in [2.24, 2.45) is 12.1 Å². The molecule has 9 heteroatoms. The molecule has 0 fully saturated rings. The Bertz CT molecular complexity index is 934. The number of benzene rings is 1. The molecule has 1 aliphatic heterocycles. The van der Waals surface area contributed by atoms with Crippen molar-refractivity contribution in [3.63, 3.8) is 0 Å². The molecule has 0 spiro atoms. The Kier molecular flexibility index (Phi) is 5.17. The molecule has 0 radical (unpaired) electrons. The van der Waals surface area contributed by atoms with E-state index in [0.29, 0.717) is 21.9 Å². The van der Waals surface area contributed by atoms with E-state index in [1.54, 1.807) is 25.3 Å². The first kappa shape index (κ1) is 17.3. The lowest BCUT2D eigenvalue weighted by Crippen LogP contribution is -2.27. The van der Waals surface area contributed by atoms with Crippen LogP contribution in [-0.2, 0) is 12.8 Å². The maximum Gasteiger partial charge on any atom is 0.282 e. The normalized spacial score (nSPS) is 13.2. The zero-order valence-corrected chi connectivity index (χ0v) is 16.6. The summed E-state index contributed by atoms with van der Waals surface area (Å²) in [7, 11) is 3.43. The highest BCUT2D eigenvalue weighted by molar-refractivity contribution is 14.1. The minimum Gasteiger partial charge on any atom is -0.266 e. The topological polar surface area (TPSA) is 74.3 Å². The number of aryl methyl sites for hydroxylation is 1. The summed E-state index contributed by atoms with van der Waals surface area (Å²) in [6.45, 7) is 0. The van der Waals surface area contributed by atoms with E-state index in [4.69, 9.17) is 0 Å². The van der Waals surface area contributed by atoms with E-state index in [1.165, 1.54) is 28.2 Å². The van der Waals surface area contributed by atoms with Crippen LogP contribution in [0.15, 0.2) is 39.2 Å². The van der Waals surface area contributed by atoms with Gasteiger partial charge in [-0.15, -0.1) is 0 Å². The van der Waals surface area contributed by atoms with Gasteiger partial charge in [-0.1, -0.05) is 29.6 Å². The van der Waals surface area contributed by atoms with E-state index in [-0.39, 0.29) is 5.56 Å². The zero-order valence-electron chi connectivity index (χ0n) is 12.9. The minimum absolute atomic E-state index is 0.135. The number of nitriles is 1. The van der Waals surface area contributed by atoms with E-state index in [2.05, 4.69) is 38.9 Å². The number of hydrogen-bond acceptors (Lipinski definition) is 7. The van der Waals surface area contributed by atoms with Gasteiger partial charge in [0.15, 0.2) is 4.38 Å². The Hall–Kier alpha value is -1.51. The van der Waals surface area contributed by atoms with Gasteiger partial charge in [-0.05, 0) is 40.3 Å². The van der Waals surface area contributed by atoms with Crippen molar-refractivity contribution in [3.8, 4) is 6.07 Å². The molecule has 1 aromatic carbocycles. The van der Waals surface area contributed by atoms with Crippen molar-refractivity contribution in [1.29, 1.82) is 5.26 Å². The number of hydrogen-bond donors (Lipinski definition) is 0. The predicted octanol–water partition coefficient (Wildman–Crippen LogP) is 3.00. The molecule has 3 rings (SSSR count). The molecule has 0 bridgehead atoms. The molecule has 24 heavy (non-hydrogen) atoms. The first-order valence-corrected chi connectivity index (χ1v) is 9.75. The van der Waals surface area contributed by atoms with Gasteiger partial charge in [-0.2, -0.15) is 15.5 Å². The van der Waals surface area contributed by atoms with E-state index < -0.39 is 0 Å². The number of hydrazone groups is 1. The fourth-order valence-electron chi connectivity index (χ4n) is 2.10. The molecule has 0 N–H and O–H groups in total. The van der Waals surface area contributed by atoms with Gasteiger partial charge in [0.25, 0.3) is 5.56 Å². The zero-order chi connectivity index (χ0) is 17.3. The van der Waals surface area contributed by atoms with Crippen LogP contribution in [0.5, 0.6) is 0 Å². The van der Waals surface area contributed by atoms with Crippen LogP contribution >= 0.6 is 46.1 Å². The summed E-state index contributed by atoms with van der Waals surface area (Å²) in [6, 6.07) is 8.04. The molecule has 0 unspecified atom stereocenters. The standard InChI is InChI=1S/C15H12IN5OS2/c1-20-12-7-18-21(2)14(22)13(12)24-15(19-20)23-8-9-3-4-11(16)5-10(9)6-17/h3-5,7H,8H2,1-2H3. The van der Waals surface area contributed by atoms with Crippen molar-refractivity contribution in [3.05, 3.63) is 49.4 Å². The van der Waals surface area contributed by atoms with E-state index in [0.717, 1.165) is 13.5 Å². The number of halogens is 1. The van der Waals surface area contributed by atoms with Crippen molar-refractivity contribution in [2.45, 2.75) is 10.6 Å². The number of anilines is 1. The smallest absolute Gasteiger partial charge is 0.266 e. The van der Waals surface area contributed by atoms with Crippen molar-refractivity contribution >= 4 is 56.2 Å². The number of aromatic nitrogens is 2. The second-order valence-electron chi connectivity index (χ2n) is 4.98. The van der Waals surface area contributed by atoms with Gasteiger partial charge in [0.1, 0.15) is 4.90 Å². The summed E-state index contributed by atoms with van der Waals surface area (Å²) in [5, 5.41) is 19.4. The van der Waals surface area contributed by atoms with Crippen LogP contribution in [0.2, 0.25) is 0 Å². The first-order chi connectivity index (χ1) is 11.5. The second kappa shape index (κ2) is 7.16. The van der Waals surface area contributed by atoms with Crippen LogP contribution in [0.1, 0.15) is 11.1 Å². The lowest BCUT2D eigenvalue weighted by molar-refractivity contribution is 0.684. The van der Waals surface area contributed by atoms with Crippen molar-refractivity contribution < 1.29 is 0 Å². The third kappa shape index (κ3) is 3.45. The SMILES string of the molecule is CN1N=C(SCc2ccc(I)cc2C#N)Sc2c1cnn(C)c2=O. The average molecular weight is 469 g/mol. The van der Waals surface area contributed by atoms with E-state index in [9.17, 15) is 10.1 Å². The number of rotatable bonds is 2. The highest BCUT2D eigenvalue weighted by atomic mass is 127. The lowest BCUT2D eigenvalue weighted by Gasteiger charge is -2.22. The molecular formula is C15H12IN5OS2. The molecule has 0 aliphatic carbocycles. The highest BCUT2D eigenvalue weighted by Gasteiger charge is 2.22. The lowest BCUT2D eigenvalue weighted by atomic mass is 10.1. The Balaban J connectivity index is 1.82. The molecule has 0 amide bonds. The maximum atomic E-state index is 12.3. The Labute approximate surface area is 161 Å². The van der Waals surface area contributed by atoms with Crippen molar-refractivity contribution in [2.75, 3.05) is 12.1 Å². The maximum absolute atomic E-state index is 12.3. The number of fused-ring (bicyclic) bond motifs is 1. The third-order valence-electron chi connectivity index (χ3n) is 3.39. The summed E-state index contributed by atoms with van der Waals surface area (Å²) in [5.74, 6) is 0.625. The highest BCUT2D eigenvalue weighted by Crippen LogP contribution is 2.36. The van der Waals surface area contributed by atoms with Gasteiger partial charge in [0.05, 0.1) is 23.5 Å². The van der Waals surface area contributed by atoms with Crippen LogP contribution < -0.4 is 10.6 Å². The Morgan fingerprint density at radius 3 is 2.96 bits per heavy atom. The third-order valence-corrected chi connectivity index (χ3v) is 6.29. The molecule has 1 aromatic heterocycles. The largest absolute Gasteiger partial charge is 0.282 e. The van der Waals surface area contributed by atoms with Crippen LogP contribution in [0, 0.1) is 14.9 Å². The van der Waals surface area contributed by atoms with Gasteiger partial charge >= 0.3 is 0 Å².